The Morgan fingerprint density at radius 1 is 1.40 bits per heavy atom. The van der Waals surface area contributed by atoms with Gasteiger partial charge in [0.15, 0.2) is 5.76 Å². The van der Waals surface area contributed by atoms with Gasteiger partial charge in [-0.05, 0) is 24.7 Å². The summed E-state index contributed by atoms with van der Waals surface area (Å²) >= 11 is 0. The predicted molar refractivity (Wildman–Crippen MR) is 58.3 cm³/mol. The lowest BCUT2D eigenvalue weighted by Crippen LogP contribution is -2.10. The molecule has 0 aliphatic rings. The molecular formula is C11H15N3O. The van der Waals surface area contributed by atoms with Crippen LogP contribution in [0.3, 0.4) is 0 Å². The average molecular weight is 205 g/mol. The first-order valence-electron chi connectivity index (χ1n) is 5.09. The molecule has 0 aliphatic heterocycles. The van der Waals surface area contributed by atoms with Crippen molar-refractivity contribution < 1.29 is 4.42 Å². The van der Waals surface area contributed by atoms with E-state index < -0.39 is 0 Å². The number of hydrogen-bond donors (Lipinski definition) is 1. The van der Waals surface area contributed by atoms with Gasteiger partial charge in [0.2, 0.25) is 0 Å². The SMILES string of the molecule is CCNCc1ccc(-c2ccnn2C)o1. The fourth-order valence-electron chi connectivity index (χ4n) is 1.47. The van der Waals surface area contributed by atoms with Gasteiger partial charge in [-0.25, -0.2) is 0 Å². The normalized spacial score (nSPS) is 10.8. The minimum atomic E-state index is 0.772. The quantitative estimate of drug-likeness (QED) is 0.827. The van der Waals surface area contributed by atoms with E-state index in [1.165, 1.54) is 0 Å². The molecule has 1 N–H and O–H groups in total. The lowest BCUT2D eigenvalue weighted by atomic mass is 10.3. The zero-order valence-corrected chi connectivity index (χ0v) is 9.03. The van der Waals surface area contributed by atoms with Crippen molar-refractivity contribution in [1.29, 1.82) is 0 Å². The van der Waals surface area contributed by atoms with Crippen molar-refractivity contribution in [3.63, 3.8) is 0 Å². The molecule has 2 aromatic heterocycles. The highest BCUT2D eigenvalue weighted by Gasteiger charge is 2.07. The second kappa shape index (κ2) is 4.31. The summed E-state index contributed by atoms with van der Waals surface area (Å²) in [6.07, 6.45) is 1.77. The number of aromatic nitrogens is 2. The molecule has 2 heterocycles. The van der Waals surface area contributed by atoms with E-state index in [0.717, 1.165) is 30.3 Å². The van der Waals surface area contributed by atoms with E-state index in [4.69, 9.17) is 4.42 Å². The maximum absolute atomic E-state index is 5.69. The molecule has 2 rings (SSSR count). The maximum atomic E-state index is 5.69. The van der Waals surface area contributed by atoms with Crippen molar-refractivity contribution in [3.05, 3.63) is 30.2 Å². The van der Waals surface area contributed by atoms with Crippen LogP contribution in [0.4, 0.5) is 0 Å². The number of rotatable bonds is 4. The summed E-state index contributed by atoms with van der Waals surface area (Å²) in [6.45, 7) is 3.79. The highest BCUT2D eigenvalue weighted by atomic mass is 16.3. The standard InChI is InChI=1S/C11H15N3O/c1-3-12-8-9-4-5-11(15-9)10-6-7-13-14(10)2/h4-7,12H,3,8H2,1-2H3. The lowest BCUT2D eigenvalue weighted by Gasteiger charge is -1.98. The van der Waals surface area contributed by atoms with Gasteiger partial charge >= 0.3 is 0 Å². The van der Waals surface area contributed by atoms with Crippen LogP contribution in [-0.4, -0.2) is 16.3 Å². The molecule has 0 radical (unpaired) electrons. The van der Waals surface area contributed by atoms with E-state index in [2.05, 4.69) is 17.3 Å². The molecule has 0 bridgehead atoms. The molecule has 0 saturated carbocycles. The molecule has 2 aromatic rings. The molecule has 4 nitrogen and oxygen atoms in total. The average Bonchev–Trinajstić information content (AvgIpc) is 2.83. The Labute approximate surface area is 88.9 Å². The van der Waals surface area contributed by atoms with Gasteiger partial charge in [-0.2, -0.15) is 5.10 Å². The van der Waals surface area contributed by atoms with Crippen LogP contribution in [0, 0.1) is 0 Å². The Hall–Kier alpha value is -1.55. The summed E-state index contributed by atoms with van der Waals surface area (Å²) < 4.78 is 7.49. The smallest absolute Gasteiger partial charge is 0.152 e. The van der Waals surface area contributed by atoms with E-state index in [-0.39, 0.29) is 0 Å². The molecule has 0 amide bonds. The van der Waals surface area contributed by atoms with Gasteiger partial charge < -0.3 is 9.73 Å². The molecule has 0 aromatic carbocycles. The summed E-state index contributed by atoms with van der Waals surface area (Å²) in [7, 11) is 1.90. The lowest BCUT2D eigenvalue weighted by molar-refractivity contribution is 0.494. The molecule has 0 unspecified atom stereocenters. The van der Waals surface area contributed by atoms with Gasteiger partial charge in [-0.3, -0.25) is 4.68 Å². The Bertz CT molecular complexity index is 430. The van der Waals surface area contributed by atoms with E-state index in [1.54, 1.807) is 10.9 Å². The van der Waals surface area contributed by atoms with Crippen molar-refractivity contribution in [3.8, 4) is 11.5 Å². The van der Waals surface area contributed by atoms with Gasteiger partial charge in [-0.1, -0.05) is 6.92 Å². The van der Waals surface area contributed by atoms with Crippen LogP contribution in [0.1, 0.15) is 12.7 Å². The van der Waals surface area contributed by atoms with Crippen LogP contribution < -0.4 is 5.32 Å². The summed E-state index contributed by atoms with van der Waals surface area (Å²) in [6, 6.07) is 5.91. The molecule has 0 atom stereocenters. The fraction of sp³-hybridized carbons (Fsp3) is 0.364. The van der Waals surface area contributed by atoms with Crippen LogP contribution in [0.5, 0.6) is 0 Å². The number of nitrogens with zero attached hydrogens (tertiary/aromatic N) is 2. The predicted octanol–water partition coefficient (Wildman–Crippen LogP) is 1.79. The molecule has 0 fully saturated rings. The first-order valence-corrected chi connectivity index (χ1v) is 5.09. The van der Waals surface area contributed by atoms with Crippen molar-refractivity contribution in [2.45, 2.75) is 13.5 Å². The van der Waals surface area contributed by atoms with Gasteiger partial charge in [0.25, 0.3) is 0 Å². The van der Waals surface area contributed by atoms with E-state index in [1.807, 2.05) is 25.2 Å². The van der Waals surface area contributed by atoms with Crippen LogP contribution in [0.2, 0.25) is 0 Å². The Morgan fingerprint density at radius 2 is 2.27 bits per heavy atom. The van der Waals surface area contributed by atoms with Crippen LogP contribution >= 0.6 is 0 Å². The summed E-state index contributed by atoms with van der Waals surface area (Å²) in [5.74, 6) is 1.82. The first kappa shape index (κ1) is 9.98. The molecule has 4 heteroatoms. The zero-order chi connectivity index (χ0) is 10.7. The molecular weight excluding hydrogens is 190 g/mol. The van der Waals surface area contributed by atoms with Crippen molar-refractivity contribution in [1.82, 2.24) is 15.1 Å². The molecule has 0 saturated heterocycles. The van der Waals surface area contributed by atoms with E-state index in [0.29, 0.717) is 0 Å². The largest absolute Gasteiger partial charge is 0.458 e. The van der Waals surface area contributed by atoms with E-state index in [9.17, 15) is 0 Å². The van der Waals surface area contributed by atoms with E-state index >= 15 is 0 Å². The van der Waals surface area contributed by atoms with Crippen LogP contribution in [-0.2, 0) is 13.6 Å². The van der Waals surface area contributed by atoms with Crippen LogP contribution in [0.25, 0.3) is 11.5 Å². The molecule has 15 heavy (non-hydrogen) atoms. The summed E-state index contributed by atoms with van der Waals surface area (Å²) in [5.41, 5.74) is 0.998. The number of furan rings is 1. The monoisotopic (exact) mass is 205 g/mol. The minimum absolute atomic E-state index is 0.772. The van der Waals surface area contributed by atoms with Crippen molar-refractivity contribution in [2.24, 2.45) is 7.05 Å². The zero-order valence-electron chi connectivity index (χ0n) is 9.03. The fourth-order valence-corrected chi connectivity index (χ4v) is 1.47. The maximum Gasteiger partial charge on any atom is 0.152 e. The third-order valence-electron chi connectivity index (χ3n) is 2.28. The summed E-state index contributed by atoms with van der Waals surface area (Å²) in [5, 5.41) is 7.33. The van der Waals surface area contributed by atoms with Crippen molar-refractivity contribution in [2.75, 3.05) is 6.54 Å². The van der Waals surface area contributed by atoms with Gasteiger partial charge in [0.1, 0.15) is 11.5 Å². The van der Waals surface area contributed by atoms with Gasteiger partial charge in [0, 0.05) is 13.2 Å². The Balaban J connectivity index is 2.17. The number of nitrogens with one attached hydrogen (secondary N) is 1. The third-order valence-corrected chi connectivity index (χ3v) is 2.28. The second-order valence-corrected chi connectivity index (χ2v) is 3.39. The number of aryl methyl sites for hydroxylation is 1. The van der Waals surface area contributed by atoms with Gasteiger partial charge in [-0.15, -0.1) is 0 Å². The second-order valence-electron chi connectivity index (χ2n) is 3.39. The topological polar surface area (TPSA) is 43.0 Å². The molecule has 0 aliphatic carbocycles. The molecule has 80 valence electrons. The van der Waals surface area contributed by atoms with Gasteiger partial charge in [0.05, 0.1) is 6.54 Å². The first-order chi connectivity index (χ1) is 7.31. The highest BCUT2D eigenvalue weighted by Crippen LogP contribution is 2.20. The number of hydrogen-bond acceptors (Lipinski definition) is 3. The highest BCUT2D eigenvalue weighted by molar-refractivity contribution is 5.52. The van der Waals surface area contributed by atoms with Crippen LogP contribution in [0.15, 0.2) is 28.8 Å². The Kier molecular flexibility index (Phi) is 2.87. The minimum Gasteiger partial charge on any atom is -0.458 e. The Morgan fingerprint density at radius 3 is 2.93 bits per heavy atom. The summed E-state index contributed by atoms with van der Waals surface area (Å²) in [4.78, 5) is 0. The molecule has 0 spiro atoms. The third kappa shape index (κ3) is 2.10. The van der Waals surface area contributed by atoms with Crippen molar-refractivity contribution >= 4 is 0 Å².